The molecular weight excluding hydrogens is 506 g/mol. The average Bonchev–Trinajstić information content (AvgIpc) is 3.41. The molecule has 0 aliphatic carbocycles. The zero-order valence-corrected chi connectivity index (χ0v) is 23.0. The van der Waals surface area contributed by atoms with Gasteiger partial charge in [0.05, 0.1) is 0 Å². The summed E-state index contributed by atoms with van der Waals surface area (Å²) in [5.41, 5.74) is 1.80. The lowest BCUT2D eigenvalue weighted by molar-refractivity contribution is -0.144. The Morgan fingerprint density at radius 1 is 1.12 bits per heavy atom. The Kier molecular flexibility index (Phi) is 10.5. The van der Waals surface area contributed by atoms with Gasteiger partial charge in [0.15, 0.2) is 6.10 Å². The minimum Gasteiger partial charge on any atom is -0.444 e. The molecule has 0 spiro atoms. The summed E-state index contributed by atoms with van der Waals surface area (Å²) in [4.78, 5) is 39.2. The second-order valence-electron chi connectivity index (χ2n) is 10.2. The first kappa shape index (κ1) is 29.9. The van der Waals surface area contributed by atoms with Crippen LogP contribution in [0.3, 0.4) is 0 Å². The number of aliphatic hydroxyl groups is 1. The lowest BCUT2D eigenvalue weighted by atomic mass is 10.1. The van der Waals surface area contributed by atoms with Crippen molar-refractivity contribution in [3.8, 4) is 11.8 Å². The van der Waals surface area contributed by atoms with Gasteiger partial charge in [0.1, 0.15) is 11.6 Å². The van der Waals surface area contributed by atoms with Crippen LogP contribution in [0.5, 0.6) is 0 Å². The Morgan fingerprint density at radius 2 is 1.82 bits per heavy atom. The van der Waals surface area contributed by atoms with E-state index in [1.165, 1.54) is 11.1 Å². The van der Waals surface area contributed by atoms with E-state index in [1.807, 2.05) is 6.07 Å². The summed E-state index contributed by atoms with van der Waals surface area (Å²) in [7, 11) is 0. The van der Waals surface area contributed by atoms with Gasteiger partial charge in [-0.15, -0.1) is 0 Å². The molecule has 0 bridgehead atoms. The number of nitrogens with zero attached hydrogens (tertiary/aromatic N) is 1. The molecule has 8 heteroatoms. The third-order valence-electron chi connectivity index (χ3n) is 5.85. The Labute approximate surface area is 235 Å². The summed E-state index contributed by atoms with van der Waals surface area (Å²) in [5.74, 6) is 5.27. The molecule has 8 nitrogen and oxygen atoms in total. The summed E-state index contributed by atoms with van der Waals surface area (Å²) in [6.07, 6.45) is 5.72. The summed E-state index contributed by atoms with van der Waals surface area (Å²) < 4.78 is 5.19. The molecule has 2 atom stereocenters. The molecule has 0 aromatic heterocycles. The van der Waals surface area contributed by atoms with E-state index in [1.54, 1.807) is 87.5 Å². The normalized spacial score (nSPS) is 16.1. The molecule has 0 unspecified atom stereocenters. The van der Waals surface area contributed by atoms with Crippen LogP contribution in [0.2, 0.25) is 0 Å². The standard InChI is InChI=1S/C32H35N3O5/c1-5-10-23(20-21-33-31(39)40-32(2,3)4)14-15-24-16-18-26(19-17-24)34-29(37)27-13-9-22-35(27)30(38)28(36)25-11-7-6-8-12-25/h5-8,10-12,16-21,27-28,36H,1,9,13,22H2,2-4H3,(H,33,39)(H,34,37)/b21-20-,23-10-/t27-,28+/m0/s1. The van der Waals surface area contributed by atoms with Crippen LogP contribution in [0.25, 0.3) is 0 Å². The molecule has 1 fully saturated rings. The van der Waals surface area contributed by atoms with Gasteiger partial charge in [-0.3, -0.25) is 14.9 Å². The van der Waals surface area contributed by atoms with E-state index < -0.39 is 29.7 Å². The van der Waals surface area contributed by atoms with Crippen LogP contribution >= 0.6 is 0 Å². The number of likely N-dealkylation sites (tertiary alicyclic amines) is 1. The van der Waals surface area contributed by atoms with E-state index in [2.05, 4.69) is 29.1 Å². The van der Waals surface area contributed by atoms with E-state index in [0.29, 0.717) is 41.8 Å². The molecule has 1 saturated heterocycles. The molecule has 1 aliphatic heterocycles. The molecule has 3 N–H and O–H groups in total. The van der Waals surface area contributed by atoms with Gasteiger partial charge in [-0.05, 0) is 75.6 Å². The highest BCUT2D eigenvalue weighted by atomic mass is 16.6. The van der Waals surface area contributed by atoms with Gasteiger partial charge in [-0.2, -0.15) is 0 Å². The van der Waals surface area contributed by atoms with Gasteiger partial charge in [0, 0.05) is 29.6 Å². The molecule has 208 valence electrons. The van der Waals surface area contributed by atoms with Gasteiger partial charge >= 0.3 is 6.09 Å². The second-order valence-corrected chi connectivity index (χ2v) is 10.2. The van der Waals surface area contributed by atoms with Crippen molar-refractivity contribution in [2.24, 2.45) is 0 Å². The maximum Gasteiger partial charge on any atom is 0.411 e. The number of benzene rings is 2. The monoisotopic (exact) mass is 541 g/mol. The van der Waals surface area contributed by atoms with Crippen LogP contribution < -0.4 is 10.6 Å². The number of alkyl carbamates (subject to hydrolysis) is 1. The number of carbonyl (C=O) groups excluding carboxylic acids is 3. The fraction of sp³-hybridized carbons (Fsp3) is 0.281. The van der Waals surface area contributed by atoms with Crippen LogP contribution in [0, 0.1) is 11.8 Å². The van der Waals surface area contributed by atoms with Crippen molar-refractivity contribution in [3.05, 3.63) is 102 Å². The predicted molar refractivity (Wildman–Crippen MR) is 155 cm³/mol. The number of anilines is 1. The van der Waals surface area contributed by atoms with Gasteiger partial charge in [0.2, 0.25) is 5.91 Å². The smallest absolute Gasteiger partial charge is 0.411 e. The fourth-order valence-corrected chi connectivity index (χ4v) is 4.02. The second kappa shape index (κ2) is 14.0. The minimum atomic E-state index is -1.31. The van der Waals surface area contributed by atoms with Crippen molar-refractivity contribution < 1.29 is 24.2 Å². The maximum atomic E-state index is 13.0. The van der Waals surface area contributed by atoms with Crippen molar-refractivity contribution in [1.29, 1.82) is 0 Å². The molecule has 1 heterocycles. The summed E-state index contributed by atoms with van der Waals surface area (Å²) in [5, 5.41) is 15.9. The fourth-order valence-electron chi connectivity index (χ4n) is 4.02. The molecule has 0 saturated carbocycles. The lowest BCUT2D eigenvalue weighted by Gasteiger charge is -2.26. The molecule has 40 heavy (non-hydrogen) atoms. The van der Waals surface area contributed by atoms with Crippen LogP contribution in [0.4, 0.5) is 10.5 Å². The first-order valence-electron chi connectivity index (χ1n) is 13.0. The van der Waals surface area contributed by atoms with Gasteiger partial charge in [0.25, 0.3) is 5.91 Å². The quantitative estimate of drug-likeness (QED) is 0.343. The number of rotatable bonds is 7. The van der Waals surface area contributed by atoms with Crippen LogP contribution in [0.1, 0.15) is 50.8 Å². The number of hydrogen-bond donors (Lipinski definition) is 3. The largest absolute Gasteiger partial charge is 0.444 e. The molecule has 3 rings (SSSR count). The number of allylic oxidation sites excluding steroid dienone is 4. The van der Waals surface area contributed by atoms with Gasteiger partial charge in [-0.25, -0.2) is 4.79 Å². The number of carbonyl (C=O) groups is 3. The number of hydrogen-bond acceptors (Lipinski definition) is 5. The van der Waals surface area contributed by atoms with Crippen LogP contribution in [-0.4, -0.2) is 46.1 Å². The highest BCUT2D eigenvalue weighted by Crippen LogP contribution is 2.24. The van der Waals surface area contributed by atoms with E-state index in [4.69, 9.17) is 4.74 Å². The number of ether oxygens (including phenoxy) is 1. The molecule has 1 aliphatic rings. The molecule has 3 amide bonds. The Balaban J connectivity index is 1.60. The molecule has 2 aromatic rings. The average molecular weight is 542 g/mol. The van der Waals surface area contributed by atoms with Crippen LogP contribution in [-0.2, 0) is 14.3 Å². The van der Waals surface area contributed by atoms with E-state index in [0.717, 1.165) is 0 Å². The SMILES string of the molecule is C=C/C=C(C#Cc1ccc(NC(=O)[C@@H]2CCCN2C(=O)[C@H](O)c2ccccc2)cc1)\C=C/NC(=O)OC(C)(C)C. The number of aliphatic hydroxyl groups excluding tert-OH is 1. The zero-order chi connectivity index (χ0) is 29.1. The van der Waals surface area contributed by atoms with Crippen molar-refractivity contribution in [2.75, 3.05) is 11.9 Å². The molecule has 0 radical (unpaired) electrons. The molecule has 2 aromatic carbocycles. The predicted octanol–water partition coefficient (Wildman–Crippen LogP) is 4.85. The Hall–Kier alpha value is -4.61. The summed E-state index contributed by atoms with van der Waals surface area (Å²) in [6.45, 7) is 9.45. The maximum absolute atomic E-state index is 13.0. The lowest BCUT2D eigenvalue weighted by Crippen LogP contribution is -2.45. The summed E-state index contributed by atoms with van der Waals surface area (Å²) >= 11 is 0. The first-order valence-corrected chi connectivity index (χ1v) is 13.0. The highest BCUT2D eigenvalue weighted by Gasteiger charge is 2.37. The third-order valence-corrected chi connectivity index (χ3v) is 5.85. The number of amides is 3. The van der Waals surface area contributed by atoms with Crippen molar-refractivity contribution >= 4 is 23.6 Å². The van der Waals surface area contributed by atoms with E-state index >= 15 is 0 Å². The minimum absolute atomic E-state index is 0.302. The third kappa shape index (κ3) is 9.00. The Bertz CT molecular complexity index is 1330. The van der Waals surface area contributed by atoms with Crippen molar-refractivity contribution in [2.45, 2.75) is 51.4 Å². The number of nitrogens with one attached hydrogen (secondary N) is 2. The van der Waals surface area contributed by atoms with Gasteiger partial charge < -0.3 is 20.1 Å². The van der Waals surface area contributed by atoms with E-state index in [-0.39, 0.29) is 5.91 Å². The van der Waals surface area contributed by atoms with Gasteiger partial charge in [-0.1, -0.05) is 54.8 Å². The van der Waals surface area contributed by atoms with Crippen LogP contribution in [0.15, 0.2) is 91.2 Å². The highest BCUT2D eigenvalue weighted by molar-refractivity contribution is 5.98. The summed E-state index contributed by atoms with van der Waals surface area (Å²) in [6, 6.07) is 15.0. The topological polar surface area (TPSA) is 108 Å². The first-order chi connectivity index (χ1) is 19.1. The Morgan fingerprint density at radius 3 is 2.48 bits per heavy atom. The zero-order valence-electron chi connectivity index (χ0n) is 23.0. The van der Waals surface area contributed by atoms with Crippen molar-refractivity contribution in [3.63, 3.8) is 0 Å². The van der Waals surface area contributed by atoms with E-state index in [9.17, 15) is 19.5 Å². The van der Waals surface area contributed by atoms with Crippen molar-refractivity contribution in [1.82, 2.24) is 10.2 Å². The molecular formula is C32H35N3O5.